The molecule has 0 atom stereocenters. The van der Waals surface area contributed by atoms with E-state index < -0.39 is 0 Å². The van der Waals surface area contributed by atoms with E-state index in [9.17, 15) is 0 Å². The van der Waals surface area contributed by atoms with Gasteiger partial charge in [-0.3, -0.25) is 0 Å². The molecule has 0 saturated carbocycles. The number of aliphatic hydroxyl groups is 1. The Hall–Kier alpha value is -1.16. The van der Waals surface area contributed by atoms with Gasteiger partial charge >= 0.3 is 0 Å². The third kappa shape index (κ3) is 4.57. The first-order valence-electron chi connectivity index (χ1n) is 5.95. The molecule has 2 N–H and O–H groups in total. The summed E-state index contributed by atoms with van der Waals surface area (Å²) in [4.78, 5) is 8.65. The van der Waals surface area contributed by atoms with Gasteiger partial charge in [0.15, 0.2) is 0 Å². The number of anilines is 1. The highest BCUT2D eigenvalue weighted by Crippen LogP contribution is 2.07. The molecule has 0 unspecified atom stereocenters. The fraction of sp³-hybridized carbons (Fsp3) is 0.667. The van der Waals surface area contributed by atoms with Crippen molar-refractivity contribution in [2.45, 2.75) is 39.5 Å². The van der Waals surface area contributed by atoms with Gasteiger partial charge in [-0.05, 0) is 32.6 Å². The van der Waals surface area contributed by atoms with Crippen LogP contribution in [0.5, 0.6) is 0 Å². The second kappa shape index (κ2) is 7.17. The maximum absolute atomic E-state index is 8.65. The van der Waals surface area contributed by atoms with E-state index in [1.807, 2.05) is 13.0 Å². The van der Waals surface area contributed by atoms with Gasteiger partial charge in [-0.15, -0.1) is 0 Å². The van der Waals surface area contributed by atoms with Gasteiger partial charge in [-0.25, -0.2) is 9.97 Å². The Labute approximate surface area is 97.1 Å². The van der Waals surface area contributed by atoms with Crippen LogP contribution in [-0.4, -0.2) is 28.2 Å². The van der Waals surface area contributed by atoms with Crippen molar-refractivity contribution in [3.8, 4) is 0 Å². The maximum Gasteiger partial charge on any atom is 0.129 e. The molecule has 1 rings (SSSR count). The number of nitrogens with one attached hydrogen (secondary N) is 1. The van der Waals surface area contributed by atoms with Crippen LogP contribution in [0.2, 0.25) is 0 Å². The average Bonchev–Trinajstić information content (AvgIpc) is 2.28. The van der Waals surface area contributed by atoms with E-state index in [1.54, 1.807) is 0 Å². The van der Waals surface area contributed by atoms with E-state index in [-0.39, 0.29) is 6.61 Å². The van der Waals surface area contributed by atoms with Crippen molar-refractivity contribution in [2.75, 3.05) is 18.5 Å². The zero-order chi connectivity index (χ0) is 11.8. The molecule has 90 valence electrons. The predicted molar refractivity (Wildman–Crippen MR) is 65.6 cm³/mol. The second-order valence-corrected chi connectivity index (χ2v) is 3.86. The molecule has 1 aromatic rings. The predicted octanol–water partition coefficient (Wildman–Crippen LogP) is 1.92. The summed E-state index contributed by atoms with van der Waals surface area (Å²) in [5, 5.41) is 11.9. The summed E-state index contributed by atoms with van der Waals surface area (Å²) in [6, 6.07) is 2.00. The Kier molecular flexibility index (Phi) is 5.78. The smallest absolute Gasteiger partial charge is 0.129 e. The largest absolute Gasteiger partial charge is 0.396 e. The molecule has 1 aromatic heterocycles. The Bertz CT molecular complexity index is 315. The lowest BCUT2D eigenvalue weighted by Crippen LogP contribution is -2.06. The molecule has 4 heteroatoms. The normalized spacial score (nSPS) is 10.4. The van der Waals surface area contributed by atoms with Crippen molar-refractivity contribution < 1.29 is 5.11 Å². The van der Waals surface area contributed by atoms with E-state index >= 15 is 0 Å². The van der Waals surface area contributed by atoms with Crippen molar-refractivity contribution in [1.29, 1.82) is 0 Å². The quantitative estimate of drug-likeness (QED) is 0.693. The Morgan fingerprint density at radius 2 is 2.06 bits per heavy atom. The first-order chi connectivity index (χ1) is 7.76. The average molecular weight is 223 g/mol. The van der Waals surface area contributed by atoms with E-state index in [4.69, 9.17) is 5.11 Å². The summed E-state index contributed by atoms with van der Waals surface area (Å²) in [6.07, 6.45) is 3.92. The number of hydrogen-bond acceptors (Lipinski definition) is 4. The number of aliphatic hydroxyl groups excluding tert-OH is 1. The van der Waals surface area contributed by atoms with Gasteiger partial charge in [0.25, 0.3) is 0 Å². The summed E-state index contributed by atoms with van der Waals surface area (Å²) in [5.74, 6) is 1.73. The highest BCUT2D eigenvalue weighted by Gasteiger charge is 1.99. The summed E-state index contributed by atoms with van der Waals surface area (Å²) in [7, 11) is 0. The van der Waals surface area contributed by atoms with E-state index in [0.717, 1.165) is 49.6 Å². The molecule has 0 spiro atoms. The monoisotopic (exact) mass is 223 g/mol. The van der Waals surface area contributed by atoms with Crippen molar-refractivity contribution in [2.24, 2.45) is 0 Å². The number of rotatable bonds is 7. The minimum atomic E-state index is 0.284. The minimum Gasteiger partial charge on any atom is -0.396 e. The van der Waals surface area contributed by atoms with Crippen LogP contribution in [-0.2, 0) is 6.42 Å². The molecule has 0 radical (unpaired) electrons. The van der Waals surface area contributed by atoms with Gasteiger partial charge in [0.05, 0.1) is 0 Å². The third-order valence-corrected chi connectivity index (χ3v) is 2.39. The Morgan fingerprint density at radius 1 is 1.25 bits per heavy atom. The molecule has 1 heterocycles. The van der Waals surface area contributed by atoms with Crippen LogP contribution in [0.1, 0.15) is 37.7 Å². The fourth-order valence-electron chi connectivity index (χ4n) is 1.53. The number of aromatic nitrogens is 2. The number of unbranched alkanes of at least 4 members (excludes halogenated alkanes) is 2. The second-order valence-electron chi connectivity index (χ2n) is 3.86. The fourth-order valence-corrected chi connectivity index (χ4v) is 1.53. The standard InChI is InChI=1S/C12H21N3O/c1-3-11-9-12(15-10(2)14-11)13-7-5-4-6-8-16/h9,16H,3-8H2,1-2H3,(H,13,14,15). The van der Waals surface area contributed by atoms with E-state index in [0.29, 0.717) is 0 Å². The zero-order valence-electron chi connectivity index (χ0n) is 10.2. The Balaban J connectivity index is 2.38. The van der Waals surface area contributed by atoms with Crippen LogP contribution in [0.4, 0.5) is 5.82 Å². The molecule has 0 aliphatic carbocycles. The van der Waals surface area contributed by atoms with Crippen LogP contribution in [0.15, 0.2) is 6.07 Å². The lowest BCUT2D eigenvalue weighted by molar-refractivity contribution is 0.283. The van der Waals surface area contributed by atoms with Gasteiger partial charge in [0.1, 0.15) is 11.6 Å². The molecule has 0 aliphatic heterocycles. The number of nitrogens with zero attached hydrogens (tertiary/aromatic N) is 2. The van der Waals surface area contributed by atoms with Crippen molar-refractivity contribution in [3.05, 3.63) is 17.6 Å². The van der Waals surface area contributed by atoms with Gasteiger partial charge in [-0.2, -0.15) is 0 Å². The van der Waals surface area contributed by atoms with Crippen molar-refractivity contribution in [3.63, 3.8) is 0 Å². The first-order valence-corrected chi connectivity index (χ1v) is 5.95. The zero-order valence-corrected chi connectivity index (χ0v) is 10.2. The summed E-state index contributed by atoms with van der Waals surface area (Å²) in [5.41, 5.74) is 1.07. The van der Waals surface area contributed by atoms with Gasteiger partial charge in [0.2, 0.25) is 0 Å². The third-order valence-electron chi connectivity index (χ3n) is 2.39. The Morgan fingerprint density at radius 3 is 2.75 bits per heavy atom. The molecule has 0 amide bonds. The molecular weight excluding hydrogens is 202 g/mol. The summed E-state index contributed by atoms with van der Waals surface area (Å²) < 4.78 is 0. The summed E-state index contributed by atoms with van der Waals surface area (Å²) in [6.45, 7) is 5.19. The van der Waals surface area contributed by atoms with Gasteiger partial charge in [-0.1, -0.05) is 6.92 Å². The molecule has 0 aromatic carbocycles. The molecule has 4 nitrogen and oxygen atoms in total. The highest BCUT2D eigenvalue weighted by atomic mass is 16.2. The molecule has 0 saturated heterocycles. The lowest BCUT2D eigenvalue weighted by Gasteiger charge is -2.07. The molecule has 16 heavy (non-hydrogen) atoms. The highest BCUT2D eigenvalue weighted by molar-refractivity contribution is 5.35. The molecule has 0 aliphatic rings. The van der Waals surface area contributed by atoms with Gasteiger partial charge < -0.3 is 10.4 Å². The molecular formula is C12H21N3O. The molecule has 0 bridgehead atoms. The van der Waals surface area contributed by atoms with E-state index in [2.05, 4.69) is 22.2 Å². The first kappa shape index (κ1) is 12.9. The van der Waals surface area contributed by atoms with Gasteiger partial charge in [0, 0.05) is 24.9 Å². The number of hydrogen-bond donors (Lipinski definition) is 2. The topological polar surface area (TPSA) is 58.0 Å². The van der Waals surface area contributed by atoms with Crippen LogP contribution < -0.4 is 5.32 Å². The van der Waals surface area contributed by atoms with Crippen molar-refractivity contribution in [1.82, 2.24) is 9.97 Å². The van der Waals surface area contributed by atoms with Crippen LogP contribution >= 0.6 is 0 Å². The lowest BCUT2D eigenvalue weighted by atomic mass is 10.2. The SMILES string of the molecule is CCc1cc(NCCCCCO)nc(C)n1. The van der Waals surface area contributed by atoms with Crippen LogP contribution in [0.25, 0.3) is 0 Å². The summed E-state index contributed by atoms with van der Waals surface area (Å²) >= 11 is 0. The van der Waals surface area contributed by atoms with E-state index in [1.165, 1.54) is 0 Å². The van der Waals surface area contributed by atoms with Crippen molar-refractivity contribution >= 4 is 5.82 Å². The minimum absolute atomic E-state index is 0.284. The van der Waals surface area contributed by atoms with Crippen LogP contribution in [0.3, 0.4) is 0 Å². The molecule has 0 fully saturated rings. The number of aryl methyl sites for hydroxylation is 2. The van der Waals surface area contributed by atoms with Crippen LogP contribution in [0, 0.1) is 6.92 Å². The maximum atomic E-state index is 8.65.